The second-order valence-corrected chi connectivity index (χ2v) is 4.78. The zero-order chi connectivity index (χ0) is 15.8. The van der Waals surface area contributed by atoms with Crippen LogP contribution in [-0.2, 0) is 16.1 Å². The molecule has 0 unspecified atom stereocenters. The van der Waals surface area contributed by atoms with Gasteiger partial charge in [0, 0.05) is 5.69 Å². The van der Waals surface area contributed by atoms with Crippen molar-refractivity contribution in [3.63, 3.8) is 0 Å². The maximum Gasteiger partial charge on any atom is 0.328 e. The topological polar surface area (TPSA) is 67.4 Å². The minimum absolute atomic E-state index is 0.187. The molecule has 2 N–H and O–H groups in total. The summed E-state index contributed by atoms with van der Waals surface area (Å²) in [5, 5.41) is 5.18. The first-order chi connectivity index (χ1) is 10.6. The van der Waals surface area contributed by atoms with E-state index in [1.54, 1.807) is 19.1 Å². The van der Waals surface area contributed by atoms with Crippen LogP contribution in [0.5, 0.6) is 0 Å². The van der Waals surface area contributed by atoms with E-state index in [0.717, 1.165) is 5.56 Å². The van der Waals surface area contributed by atoms with Crippen molar-refractivity contribution >= 4 is 17.7 Å². The number of anilines is 1. The number of hydrogen-bond donors (Lipinski definition) is 2. The Morgan fingerprint density at radius 2 is 1.59 bits per heavy atom. The fourth-order valence-electron chi connectivity index (χ4n) is 1.80. The number of hydrogen-bond acceptors (Lipinski definition) is 3. The lowest BCUT2D eigenvalue weighted by atomic mass is 10.2. The SMILES string of the molecule is C[C@H](NC(=O)Nc1ccccc1)C(=O)OCc1ccccc1. The summed E-state index contributed by atoms with van der Waals surface area (Å²) in [6.07, 6.45) is 0. The molecular formula is C17H18N2O3. The molecule has 0 aromatic heterocycles. The lowest BCUT2D eigenvalue weighted by Crippen LogP contribution is -2.41. The molecule has 1 atom stereocenters. The molecule has 0 saturated heterocycles. The van der Waals surface area contributed by atoms with E-state index in [0.29, 0.717) is 5.69 Å². The first-order valence-corrected chi connectivity index (χ1v) is 6.98. The number of rotatable bonds is 5. The highest BCUT2D eigenvalue weighted by Crippen LogP contribution is 2.05. The summed E-state index contributed by atoms with van der Waals surface area (Å²) in [5.74, 6) is -0.480. The molecule has 5 nitrogen and oxygen atoms in total. The molecule has 2 amide bonds. The highest BCUT2D eigenvalue weighted by molar-refractivity contribution is 5.92. The number of nitrogens with one attached hydrogen (secondary N) is 2. The molecule has 0 aliphatic heterocycles. The molecule has 0 aliphatic rings. The van der Waals surface area contributed by atoms with Gasteiger partial charge in [-0.3, -0.25) is 0 Å². The Kier molecular flexibility index (Phi) is 5.54. The number of amides is 2. The summed E-state index contributed by atoms with van der Waals surface area (Å²) in [6, 6.07) is 17.2. The summed E-state index contributed by atoms with van der Waals surface area (Å²) in [4.78, 5) is 23.6. The molecule has 0 heterocycles. The third-order valence-corrected chi connectivity index (χ3v) is 2.96. The van der Waals surface area contributed by atoms with Crippen LogP contribution in [0.15, 0.2) is 60.7 Å². The van der Waals surface area contributed by atoms with E-state index in [-0.39, 0.29) is 6.61 Å². The molecule has 2 aromatic carbocycles. The molecule has 0 bridgehead atoms. The molecule has 114 valence electrons. The van der Waals surface area contributed by atoms with Crippen LogP contribution in [0.4, 0.5) is 10.5 Å². The lowest BCUT2D eigenvalue weighted by molar-refractivity contribution is -0.146. The fraction of sp³-hybridized carbons (Fsp3) is 0.176. The van der Waals surface area contributed by atoms with Crippen LogP contribution in [0.25, 0.3) is 0 Å². The van der Waals surface area contributed by atoms with Crippen LogP contribution >= 0.6 is 0 Å². The van der Waals surface area contributed by atoms with Crippen molar-refractivity contribution in [2.45, 2.75) is 19.6 Å². The Labute approximate surface area is 129 Å². The second kappa shape index (κ2) is 7.83. The highest BCUT2D eigenvalue weighted by atomic mass is 16.5. The van der Waals surface area contributed by atoms with Gasteiger partial charge in [-0.15, -0.1) is 0 Å². The van der Waals surface area contributed by atoms with Gasteiger partial charge in [-0.25, -0.2) is 9.59 Å². The van der Waals surface area contributed by atoms with Gasteiger partial charge < -0.3 is 15.4 Å². The van der Waals surface area contributed by atoms with E-state index in [4.69, 9.17) is 4.74 Å². The Bertz CT molecular complexity index is 614. The Morgan fingerprint density at radius 1 is 1.00 bits per heavy atom. The van der Waals surface area contributed by atoms with Crippen LogP contribution in [-0.4, -0.2) is 18.0 Å². The highest BCUT2D eigenvalue weighted by Gasteiger charge is 2.17. The van der Waals surface area contributed by atoms with Crippen molar-refractivity contribution in [2.24, 2.45) is 0 Å². The number of ether oxygens (including phenoxy) is 1. The molecule has 22 heavy (non-hydrogen) atoms. The predicted octanol–water partition coefficient (Wildman–Crippen LogP) is 2.94. The molecular weight excluding hydrogens is 280 g/mol. The molecule has 0 radical (unpaired) electrons. The van der Waals surface area contributed by atoms with Crippen molar-refractivity contribution in [3.05, 3.63) is 66.2 Å². The summed E-state index contributed by atoms with van der Waals surface area (Å²) in [5.41, 5.74) is 1.56. The van der Waals surface area contributed by atoms with Gasteiger partial charge in [0.1, 0.15) is 12.6 Å². The van der Waals surface area contributed by atoms with Gasteiger partial charge in [0.15, 0.2) is 0 Å². The summed E-state index contributed by atoms with van der Waals surface area (Å²) >= 11 is 0. The number of carbonyl (C=O) groups excluding carboxylic acids is 2. The maximum absolute atomic E-state index is 11.8. The van der Waals surface area contributed by atoms with Gasteiger partial charge in [-0.2, -0.15) is 0 Å². The first kappa shape index (κ1) is 15.6. The van der Waals surface area contributed by atoms with Gasteiger partial charge in [0.05, 0.1) is 0 Å². The van der Waals surface area contributed by atoms with Crippen LogP contribution in [0.2, 0.25) is 0 Å². The first-order valence-electron chi connectivity index (χ1n) is 6.98. The van der Waals surface area contributed by atoms with Gasteiger partial charge in [-0.1, -0.05) is 48.5 Å². The van der Waals surface area contributed by atoms with Crippen molar-refractivity contribution in [1.82, 2.24) is 5.32 Å². The van der Waals surface area contributed by atoms with Crippen LogP contribution in [0.3, 0.4) is 0 Å². The standard InChI is InChI=1S/C17H18N2O3/c1-13(16(20)22-12-14-8-4-2-5-9-14)18-17(21)19-15-10-6-3-7-11-15/h2-11,13H,12H2,1H3,(H2,18,19,21)/t13-/m0/s1. The van der Waals surface area contributed by atoms with Crippen LogP contribution < -0.4 is 10.6 Å². The van der Waals surface area contributed by atoms with E-state index in [9.17, 15) is 9.59 Å². The van der Waals surface area contributed by atoms with Crippen molar-refractivity contribution in [1.29, 1.82) is 0 Å². The normalized spacial score (nSPS) is 11.3. The van der Waals surface area contributed by atoms with Gasteiger partial charge >= 0.3 is 12.0 Å². The molecule has 0 spiro atoms. The smallest absolute Gasteiger partial charge is 0.328 e. The van der Waals surface area contributed by atoms with Crippen molar-refractivity contribution < 1.29 is 14.3 Å². The van der Waals surface area contributed by atoms with Crippen molar-refractivity contribution in [2.75, 3.05) is 5.32 Å². The van der Waals surface area contributed by atoms with Crippen LogP contribution in [0, 0.1) is 0 Å². The molecule has 0 fully saturated rings. The second-order valence-electron chi connectivity index (χ2n) is 4.78. The molecule has 0 aliphatic carbocycles. The van der Waals surface area contributed by atoms with E-state index in [1.807, 2.05) is 48.5 Å². The Balaban J connectivity index is 1.77. The minimum Gasteiger partial charge on any atom is -0.459 e. The zero-order valence-electron chi connectivity index (χ0n) is 12.3. The third kappa shape index (κ3) is 4.94. The fourth-order valence-corrected chi connectivity index (χ4v) is 1.80. The molecule has 2 rings (SSSR count). The lowest BCUT2D eigenvalue weighted by Gasteiger charge is -2.14. The number of carbonyl (C=O) groups is 2. The number of para-hydroxylation sites is 1. The number of esters is 1. The van der Waals surface area contributed by atoms with E-state index in [1.165, 1.54) is 0 Å². The van der Waals surface area contributed by atoms with Crippen molar-refractivity contribution in [3.8, 4) is 0 Å². The summed E-state index contributed by atoms with van der Waals surface area (Å²) in [6.45, 7) is 1.77. The average molecular weight is 298 g/mol. The zero-order valence-corrected chi connectivity index (χ0v) is 12.3. The number of urea groups is 1. The van der Waals surface area contributed by atoms with Crippen LogP contribution in [0.1, 0.15) is 12.5 Å². The van der Waals surface area contributed by atoms with Gasteiger partial charge in [0.25, 0.3) is 0 Å². The minimum atomic E-state index is -0.729. The summed E-state index contributed by atoms with van der Waals surface area (Å²) < 4.78 is 5.16. The third-order valence-electron chi connectivity index (χ3n) is 2.96. The molecule has 5 heteroatoms. The largest absolute Gasteiger partial charge is 0.459 e. The van der Waals surface area contributed by atoms with Gasteiger partial charge in [0.2, 0.25) is 0 Å². The molecule has 0 saturated carbocycles. The van der Waals surface area contributed by atoms with Gasteiger partial charge in [-0.05, 0) is 24.6 Å². The monoisotopic (exact) mass is 298 g/mol. The maximum atomic E-state index is 11.8. The Morgan fingerprint density at radius 3 is 2.23 bits per heavy atom. The predicted molar refractivity (Wildman–Crippen MR) is 84.3 cm³/mol. The average Bonchev–Trinajstić information content (AvgIpc) is 2.54. The quantitative estimate of drug-likeness (QED) is 0.834. The van der Waals surface area contributed by atoms with E-state index >= 15 is 0 Å². The van der Waals surface area contributed by atoms with E-state index < -0.39 is 18.0 Å². The van der Waals surface area contributed by atoms with E-state index in [2.05, 4.69) is 10.6 Å². The Hall–Kier alpha value is -2.82. The molecule has 2 aromatic rings. The number of benzene rings is 2. The summed E-state index contributed by atoms with van der Waals surface area (Å²) in [7, 11) is 0.